The molecule has 2 N–H and O–H groups in total. The third kappa shape index (κ3) is 2.75. The van der Waals surface area contributed by atoms with Gasteiger partial charge >= 0.3 is 0 Å². The molecule has 4 heteroatoms. The number of hydrogen-bond donors (Lipinski definition) is 2. The molecule has 1 aliphatic rings. The largest absolute Gasteiger partial charge is 0.504 e. The molecule has 1 aliphatic heterocycles. The van der Waals surface area contributed by atoms with Gasteiger partial charge in [-0.2, -0.15) is 0 Å². The van der Waals surface area contributed by atoms with Crippen molar-refractivity contribution in [1.82, 2.24) is 4.90 Å². The molecule has 1 saturated heterocycles. The topological polar surface area (TPSA) is 60.8 Å². The predicted molar refractivity (Wildman–Crippen MR) is 68.8 cm³/mol. The standard InChI is InChI=1S/C14H19NO3/c16-12-8-6-7-11(13(12)17)14(18)15-9-4-2-1-3-5-10-15/h6-8,16-17H,1-5,9-10H2. The summed E-state index contributed by atoms with van der Waals surface area (Å²) in [6.07, 6.45) is 5.54. The molecule has 0 unspecified atom stereocenters. The molecule has 98 valence electrons. The number of likely N-dealkylation sites (tertiary alicyclic amines) is 1. The van der Waals surface area contributed by atoms with Crippen LogP contribution in [0.2, 0.25) is 0 Å². The Hall–Kier alpha value is -1.71. The lowest BCUT2D eigenvalue weighted by molar-refractivity contribution is 0.0738. The van der Waals surface area contributed by atoms with Crippen molar-refractivity contribution >= 4 is 5.91 Å². The first kappa shape index (κ1) is 12.7. The summed E-state index contributed by atoms with van der Waals surface area (Å²) in [5, 5.41) is 19.2. The van der Waals surface area contributed by atoms with Gasteiger partial charge in [0.05, 0.1) is 5.56 Å². The van der Waals surface area contributed by atoms with Gasteiger partial charge in [0.1, 0.15) is 0 Å². The van der Waals surface area contributed by atoms with Crippen LogP contribution in [0, 0.1) is 0 Å². The highest BCUT2D eigenvalue weighted by atomic mass is 16.3. The van der Waals surface area contributed by atoms with Crippen molar-refractivity contribution in [2.75, 3.05) is 13.1 Å². The Labute approximate surface area is 107 Å². The van der Waals surface area contributed by atoms with E-state index in [9.17, 15) is 15.0 Å². The molecule has 1 heterocycles. The molecule has 0 bridgehead atoms. The lowest BCUT2D eigenvalue weighted by Gasteiger charge is -2.25. The van der Waals surface area contributed by atoms with Crippen LogP contribution in [0.3, 0.4) is 0 Å². The molecule has 1 aromatic rings. The molecule has 1 fully saturated rings. The summed E-state index contributed by atoms with van der Waals surface area (Å²) in [7, 11) is 0. The van der Waals surface area contributed by atoms with Crippen LogP contribution in [-0.2, 0) is 0 Å². The quantitative estimate of drug-likeness (QED) is 0.752. The minimum atomic E-state index is -0.315. The number of benzene rings is 1. The molecule has 0 atom stereocenters. The minimum absolute atomic E-state index is 0.190. The van der Waals surface area contributed by atoms with Crippen LogP contribution in [0.25, 0.3) is 0 Å². The predicted octanol–water partition coefficient (Wildman–Crippen LogP) is 2.50. The van der Waals surface area contributed by atoms with Crippen molar-refractivity contribution < 1.29 is 15.0 Å². The molecule has 1 amide bonds. The van der Waals surface area contributed by atoms with Crippen LogP contribution < -0.4 is 0 Å². The SMILES string of the molecule is O=C(c1cccc(O)c1O)N1CCCCCCC1. The van der Waals surface area contributed by atoms with Crippen molar-refractivity contribution in [2.24, 2.45) is 0 Å². The number of hydrogen-bond acceptors (Lipinski definition) is 3. The summed E-state index contributed by atoms with van der Waals surface area (Å²) in [5.74, 6) is -0.747. The molecule has 0 aliphatic carbocycles. The number of phenolic OH excluding ortho intramolecular Hbond substituents is 2. The van der Waals surface area contributed by atoms with Gasteiger partial charge in [0, 0.05) is 13.1 Å². The summed E-state index contributed by atoms with van der Waals surface area (Å²) < 4.78 is 0. The Balaban J connectivity index is 2.16. The summed E-state index contributed by atoms with van der Waals surface area (Å²) in [6.45, 7) is 1.46. The van der Waals surface area contributed by atoms with Crippen LogP contribution in [0.1, 0.15) is 42.5 Å². The monoisotopic (exact) mass is 249 g/mol. The van der Waals surface area contributed by atoms with E-state index in [1.165, 1.54) is 12.5 Å². The van der Waals surface area contributed by atoms with Crippen molar-refractivity contribution in [2.45, 2.75) is 32.1 Å². The van der Waals surface area contributed by atoms with Gasteiger partial charge in [-0.1, -0.05) is 25.3 Å². The van der Waals surface area contributed by atoms with Gasteiger partial charge in [-0.25, -0.2) is 0 Å². The highest BCUT2D eigenvalue weighted by Crippen LogP contribution is 2.29. The molecule has 1 aromatic carbocycles. The fraction of sp³-hybridized carbons (Fsp3) is 0.500. The van der Waals surface area contributed by atoms with Gasteiger partial charge in [0.15, 0.2) is 11.5 Å². The summed E-state index contributed by atoms with van der Waals surface area (Å²) in [5.41, 5.74) is 0.190. The van der Waals surface area contributed by atoms with E-state index in [4.69, 9.17) is 0 Å². The van der Waals surface area contributed by atoms with Crippen molar-refractivity contribution in [1.29, 1.82) is 0 Å². The highest BCUT2D eigenvalue weighted by molar-refractivity contribution is 5.97. The molecule has 0 radical (unpaired) electrons. The average molecular weight is 249 g/mol. The number of carbonyl (C=O) groups excluding carboxylic acids is 1. The third-order valence-corrected chi connectivity index (χ3v) is 3.39. The van der Waals surface area contributed by atoms with Crippen LogP contribution >= 0.6 is 0 Å². The van der Waals surface area contributed by atoms with Gasteiger partial charge in [0.25, 0.3) is 5.91 Å². The maximum absolute atomic E-state index is 12.3. The van der Waals surface area contributed by atoms with E-state index in [0.29, 0.717) is 0 Å². The first-order valence-corrected chi connectivity index (χ1v) is 6.50. The second-order valence-corrected chi connectivity index (χ2v) is 4.73. The second kappa shape index (κ2) is 5.76. The highest BCUT2D eigenvalue weighted by Gasteiger charge is 2.20. The molecule has 4 nitrogen and oxygen atoms in total. The Morgan fingerprint density at radius 1 is 1.00 bits per heavy atom. The number of amides is 1. The lowest BCUT2D eigenvalue weighted by atomic mass is 10.1. The lowest BCUT2D eigenvalue weighted by Crippen LogP contribution is -2.33. The van der Waals surface area contributed by atoms with Gasteiger partial charge in [-0.05, 0) is 25.0 Å². The number of phenols is 2. The smallest absolute Gasteiger partial charge is 0.257 e. The summed E-state index contributed by atoms with van der Waals surface area (Å²) in [6, 6.07) is 4.50. The number of rotatable bonds is 1. The van der Waals surface area contributed by atoms with E-state index in [-0.39, 0.29) is 23.0 Å². The van der Waals surface area contributed by atoms with Crippen molar-refractivity contribution in [3.8, 4) is 11.5 Å². The summed E-state index contributed by atoms with van der Waals surface area (Å²) in [4.78, 5) is 14.1. The van der Waals surface area contributed by atoms with Crippen LogP contribution in [0.5, 0.6) is 11.5 Å². The zero-order valence-electron chi connectivity index (χ0n) is 10.4. The average Bonchev–Trinajstić information content (AvgIpc) is 2.31. The fourth-order valence-corrected chi connectivity index (χ4v) is 2.32. The first-order chi connectivity index (χ1) is 8.70. The second-order valence-electron chi connectivity index (χ2n) is 4.73. The Bertz CT molecular complexity index is 423. The van der Waals surface area contributed by atoms with Crippen molar-refractivity contribution in [3.63, 3.8) is 0 Å². The van der Waals surface area contributed by atoms with Crippen LogP contribution in [-0.4, -0.2) is 34.1 Å². The Morgan fingerprint density at radius 3 is 2.28 bits per heavy atom. The molecule has 0 aromatic heterocycles. The van der Waals surface area contributed by atoms with E-state index < -0.39 is 0 Å². The van der Waals surface area contributed by atoms with Gasteiger partial charge < -0.3 is 15.1 Å². The molecule has 2 rings (SSSR count). The number of nitrogens with zero attached hydrogens (tertiary/aromatic N) is 1. The van der Waals surface area contributed by atoms with E-state index in [2.05, 4.69) is 0 Å². The van der Waals surface area contributed by atoms with E-state index in [0.717, 1.165) is 38.8 Å². The number of aromatic hydroxyl groups is 2. The van der Waals surface area contributed by atoms with Crippen LogP contribution in [0.4, 0.5) is 0 Å². The van der Waals surface area contributed by atoms with Gasteiger partial charge in [-0.3, -0.25) is 4.79 Å². The summed E-state index contributed by atoms with van der Waals surface area (Å²) >= 11 is 0. The van der Waals surface area contributed by atoms with Gasteiger partial charge in [0.2, 0.25) is 0 Å². The number of para-hydroxylation sites is 1. The molecular weight excluding hydrogens is 230 g/mol. The zero-order valence-corrected chi connectivity index (χ0v) is 10.4. The van der Waals surface area contributed by atoms with Gasteiger partial charge in [-0.15, -0.1) is 0 Å². The molecule has 18 heavy (non-hydrogen) atoms. The maximum atomic E-state index is 12.3. The minimum Gasteiger partial charge on any atom is -0.504 e. The molecule has 0 spiro atoms. The van der Waals surface area contributed by atoms with E-state index in [1.54, 1.807) is 17.0 Å². The van der Waals surface area contributed by atoms with E-state index in [1.807, 2.05) is 0 Å². The molecule has 0 saturated carbocycles. The normalized spacial score (nSPS) is 17.0. The Morgan fingerprint density at radius 2 is 1.61 bits per heavy atom. The van der Waals surface area contributed by atoms with E-state index >= 15 is 0 Å². The van der Waals surface area contributed by atoms with Crippen LogP contribution in [0.15, 0.2) is 18.2 Å². The Kier molecular flexibility index (Phi) is 4.07. The first-order valence-electron chi connectivity index (χ1n) is 6.50. The fourth-order valence-electron chi connectivity index (χ4n) is 2.32. The molecular formula is C14H19NO3. The zero-order chi connectivity index (χ0) is 13.0. The third-order valence-electron chi connectivity index (χ3n) is 3.39. The maximum Gasteiger partial charge on any atom is 0.257 e. The van der Waals surface area contributed by atoms with Crippen molar-refractivity contribution in [3.05, 3.63) is 23.8 Å². The number of carbonyl (C=O) groups is 1.